The van der Waals surface area contributed by atoms with Crippen molar-refractivity contribution in [2.24, 2.45) is 0 Å². The molecule has 0 unspecified atom stereocenters. The van der Waals surface area contributed by atoms with E-state index in [0.717, 1.165) is 16.8 Å². The number of aromatic nitrogens is 3. The number of H-pyrrole nitrogens is 1. The number of hydrogen-bond acceptors (Lipinski definition) is 4. The van der Waals surface area contributed by atoms with Crippen LogP contribution in [0.25, 0.3) is 11.1 Å². The van der Waals surface area contributed by atoms with Gasteiger partial charge in [0.2, 0.25) is 0 Å². The standard InChI is InChI=1S/C20H18N4O3/c1-12-16(14(7-9-21-12)13-5-3-2-4-6-13)19(25)24-10-8-15-17(23-11-22-15)18(24)20(26)27/h2-7,9,11,18H,8,10H2,1H3,(H,22,23)(H,26,27)/t18-/m0/s1. The molecule has 0 radical (unpaired) electrons. The molecule has 1 atom stereocenters. The Morgan fingerprint density at radius 2 is 1.96 bits per heavy atom. The molecular formula is C20H18N4O3. The molecule has 1 aliphatic heterocycles. The minimum Gasteiger partial charge on any atom is -0.479 e. The number of amides is 1. The summed E-state index contributed by atoms with van der Waals surface area (Å²) in [7, 11) is 0. The number of nitrogens with zero attached hydrogens (tertiary/aromatic N) is 3. The van der Waals surface area contributed by atoms with E-state index < -0.39 is 12.0 Å². The van der Waals surface area contributed by atoms with E-state index in [1.165, 1.54) is 11.2 Å². The molecule has 0 aliphatic carbocycles. The van der Waals surface area contributed by atoms with Gasteiger partial charge < -0.3 is 15.0 Å². The topological polar surface area (TPSA) is 99.2 Å². The van der Waals surface area contributed by atoms with E-state index >= 15 is 0 Å². The van der Waals surface area contributed by atoms with Crippen LogP contribution in [0, 0.1) is 6.92 Å². The number of carbonyl (C=O) groups excluding carboxylic acids is 1. The minimum absolute atomic E-state index is 0.299. The average molecular weight is 362 g/mol. The molecule has 1 aromatic carbocycles. The van der Waals surface area contributed by atoms with E-state index in [-0.39, 0.29) is 5.91 Å². The summed E-state index contributed by atoms with van der Waals surface area (Å²) < 4.78 is 0. The number of pyridine rings is 1. The van der Waals surface area contributed by atoms with Crippen molar-refractivity contribution in [1.82, 2.24) is 19.9 Å². The third kappa shape index (κ3) is 2.87. The van der Waals surface area contributed by atoms with Crippen LogP contribution in [0.5, 0.6) is 0 Å². The number of nitrogens with one attached hydrogen (secondary N) is 1. The highest BCUT2D eigenvalue weighted by molar-refractivity contribution is 6.03. The molecule has 0 saturated carbocycles. The van der Waals surface area contributed by atoms with Crippen molar-refractivity contribution in [2.75, 3.05) is 6.54 Å². The Hall–Kier alpha value is -3.48. The number of hydrogen-bond donors (Lipinski definition) is 2. The second kappa shape index (κ2) is 6.68. The Morgan fingerprint density at radius 1 is 1.19 bits per heavy atom. The Bertz CT molecular complexity index is 1010. The van der Waals surface area contributed by atoms with Crippen LogP contribution in [0.1, 0.15) is 33.5 Å². The number of aliphatic carboxylic acids is 1. The monoisotopic (exact) mass is 362 g/mol. The molecule has 1 amide bonds. The molecule has 0 fully saturated rings. The zero-order valence-electron chi connectivity index (χ0n) is 14.7. The van der Waals surface area contributed by atoms with E-state index in [1.807, 2.05) is 30.3 Å². The van der Waals surface area contributed by atoms with Gasteiger partial charge in [-0.25, -0.2) is 9.78 Å². The summed E-state index contributed by atoms with van der Waals surface area (Å²) in [6.07, 6.45) is 3.66. The quantitative estimate of drug-likeness (QED) is 0.746. The Morgan fingerprint density at radius 3 is 2.70 bits per heavy atom. The van der Waals surface area contributed by atoms with Crippen LogP contribution in [-0.4, -0.2) is 43.4 Å². The second-order valence-electron chi connectivity index (χ2n) is 6.44. The third-order valence-electron chi connectivity index (χ3n) is 4.86. The van der Waals surface area contributed by atoms with Gasteiger partial charge in [-0.15, -0.1) is 0 Å². The van der Waals surface area contributed by atoms with Crippen LogP contribution < -0.4 is 0 Å². The van der Waals surface area contributed by atoms with Crippen LogP contribution in [0.4, 0.5) is 0 Å². The summed E-state index contributed by atoms with van der Waals surface area (Å²) >= 11 is 0. The Balaban J connectivity index is 1.81. The third-order valence-corrected chi connectivity index (χ3v) is 4.86. The fourth-order valence-corrected chi connectivity index (χ4v) is 3.58. The summed E-state index contributed by atoms with van der Waals surface area (Å²) in [5, 5.41) is 9.76. The normalized spacial score (nSPS) is 16.0. The molecule has 2 aromatic heterocycles. The summed E-state index contributed by atoms with van der Waals surface area (Å²) in [6, 6.07) is 10.2. The first-order valence-corrected chi connectivity index (χ1v) is 8.65. The van der Waals surface area contributed by atoms with Gasteiger partial charge in [-0.05, 0) is 24.1 Å². The number of fused-ring (bicyclic) bond motifs is 1. The summed E-state index contributed by atoms with van der Waals surface area (Å²) in [5.41, 5.74) is 3.77. The molecule has 3 aromatic rings. The van der Waals surface area contributed by atoms with Gasteiger partial charge in [-0.1, -0.05) is 30.3 Å². The van der Waals surface area contributed by atoms with Crippen molar-refractivity contribution in [3.63, 3.8) is 0 Å². The molecule has 3 heterocycles. The number of carboxylic acids is 1. The fourth-order valence-electron chi connectivity index (χ4n) is 3.58. The van der Waals surface area contributed by atoms with Crippen molar-refractivity contribution in [1.29, 1.82) is 0 Å². The Labute approximate surface area is 155 Å². The molecule has 136 valence electrons. The van der Waals surface area contributed by atoms with E-state index in [2.05, 4.69) is 15.0 Å². The minimum atomic E-state index is -1.12. The van der Waals surface area contributed by atoms with Crippen molar-refractivity contribution in [2.45, 2.75) is 19.4 Å². The fraction of sp³-hybridized carbons (Fsp3) is 0.200. The number of carboxylic acid groups (broad SMARTS) is 1. The van der Waals surface area contributed by atoms with Crippen molar-refractivity contribution < 1.29 is 14.7 Å². The predicted octanol–water partition coefficient (Wildman–Crippen LogP) is 2.60. The molecule has 27 heavy (non-hydrogen) atoms. The van der Waals surface area contributed by atoms with Gasteiger partial charge >= 0.3 is 5.97 Å². The molecular weight excluding hydrogens is 344 g/mol. The van der Waals surface area contributed by atoms with Gasteiger partial charge in [0.05, 0.1) is 23.3 Å². The van der Waals surface area contributed by atoms with E-state index in [9.17, 15) is 14.7 Å². The highest BCUT2D eigenvalue weighted by Crippen LogP contribution is 2.32. The number of carbonyl (C=O) groups is 2. The lowest BCUT2D eigenvalue weighted by molar-refractivity contribution is -0.143. The average Bonchev–Trinajstić information content (AvgIpc) is 3.15. The summed E-state index contributed by atoms with van der Waals surface area (Å²) in [5.74, 6) is -1.44. The van der Waals surface area contributed by atoms with Crippen LogP contribution in [0.15, 0.2) is 48.9 Å². The lowest BCUT2D eigenvalue weighted by Crippen LogP contribution is -2.44. The lowest BCUT2D eigenvalue weighted by atomic mass is 9.96. The van der Waals surface area contributed by atoms with Crippen molar-refractivity contribution >= 4 is 11.9 Å². The maximum atomic E-state index is 13.4. The molecule has 0 saturated heterocycles. The van der Waals surface area contributed by atoms with E-state index in [1.54, 1.807) is 19.2 Å². The first-order valence-electron chi connectivity index (χ1n) is 8.65. The zero-order valence-corrected chi connectivity index (χ0v) is 14.7. The van der Waals surface area contributed by atoms with Crippen molar-refractivity contribution in [3.05, 3.63) is 71.6 Å². The first kappa shape index (κ1) is 17.0. The molecule has 1 aliphatic rings. The molecule has 4 rings (SSSR count). The second-order valence-corrected chi connectivity index (χ2v) is 6.44. The number of imidazole rings is 1. The maximum absolute atomic E-state index is 13.4. The number of rotatable bonds is 3. The van der Waals surface area contributed by atoms with Crippen molar-refractivity contribution in [3.8, 4) is 11.1 Å². The molecule has 0 spiro atoms. The highest BCUT2D eigenvalue weighted by Gasteiger charge is 2.39. The number of aryl methyl sites for hydroxylation is 1. The largest absolute Gasteiger partial charge is 0.479 e. The maximum Gasteiger partial charge on any atom is 0.332 e. The van der Waals surface area contributed by atoms with E-state index in [4.69, 9.17) is 0 Å². The van der Waals surface area contributed by atoms with Gasteiger partial charge in [0.1, 0.15) is 0 Å². The van der Waals surface area contributed by atoms with Gasteiger partial charge in [0, 0.05) is 24.9 Å². The molecule has 7 nitrogen and oxygen atoms in total. The van der Waals surface area contributed by atoms with Crippen LogP contribution >= 0.6 is 0 Å². The predicted molar refractivity (Wildman–Crippen MR) is 98.1 cm³/mol. The zero-order chi connectivity index (χ0) is 19.0. The first-order chi connectivity index (χ1) is 13.1. The molecule has 7 heteroatoms. The summed E-state index contributed by atoms with van der Waals surface area (Å²) in [4.78, 5) is 38.1. The summed E-state index contributed by atoms with van der Waals surface area (Å²) in [6.45, 7) is 2.06. The number of benzene rings is 1. The lowest BCUT2D eigenvalue weighted by Gasteiger charge is -2.33. The van der Waals surface area contributed by atoms with Crippen LogP contribution in [-0.2, 0) is 11.2 Å². The van der Waals surface area contributed by atoms with Crippen LogP contribution in [0.2, 0.25) is 0 Å². The highest BCUT2D eigenvalue weighted by atomic mass is 16.4. The SMILES string of the molecule is Cc1nccc(-c2ccccc2)c1C(=O)N1CCc2[nH]cnc2[C@H]1C(=O)O. The number of aromatic amines is 1. The molecule has 0 bridgehead atoms. The van der Waals surface area contributed by atoms with Gasteiger partial charge in [-0.3, -0.25) is 9.78 Å². The van der Waals surface area contributed by atoms with E-state index in [0.29, 0.717) is 29.9 Å². The Kier molecular flexibility index (Phi) is 4.19. The smallest absolute Gasteiger partial charge is 0.332 e. The van der Waals surface area contributed by atoms with Gasteiger partial charge in [-0.2, -0.15) is 0 Å². The molecule has 2 N–H and O–H groups in total. The van der Waals surface area contributed by atoms with Gasteiger partial charge in [0.15, 0.2) is 6.04 Å². The van der Waals surface area contributed by atoms with Gasteiger partial charge in [0.25, 0.3) is 5.91 Å². The van der Waals surface area contributed by atoms with Crippen LogP contribution in [0.3, 0.4) is 0 Å².